The van der Waals surface area contributed by atoms with E-state index in [-0.39, 0.29) is 6.04 Å². The molecule has 0 radical (unpaired) electrons. The van der Waals surface area contributed by atoms with E-state index in [1.165, 1.54) is 22.3 Å². The summed E-state index contributed by atoms with van der Waals surface area (Å²) in [6, 6.07) is 14.9. The highest BCUT2D eigenvalue weighted by molar-refractivity contribution is 5.41. The molecule has 2 N–H and O–H groups in total. The number of fused-ring (bicyclic) bond motifs is 1. The average Bonchev–Trinajstić information content (AvgIpc) is 2.85. The highest BCUT2D eigenvalue weighted by Gasteiger charge is 2.15. The molecule has 98 valence electrons. The maximum Gasteiger partial charge on any atom is 0.122 e. The molecular formula is C17H19NO. The van der Waals surface area contributed by atoms with Crippen molar-refractivity contribution in [3.05, 3.63) is 64.7 Å². The van der Waals surface area contributed by atoms with E-state index in [4.69, 9.17) is 10.5 Å². The minimum absolute atomic E-state index is 0.0488. The summed E-state index contributed by atoms with van der Waals surface area (Å²) >= 11 is 0. The van der Waals surface area contributed by atoms with Crippen LogP contribution in [0.4, 0.5) is 0 Å². The second kappa shape index (κ2) is 5.06. The normalized spacial score (nSPS) is 14.8. The van der Waals surface area contributed by atoms with Gasteiger partial charge in [-0.25, -0.2) is 0 Å². The van der Waals surface area contributed by atoms with E-state index in [1.54, 1.807) is 0 Å². The lowest BCUT2D eigenvalue weighted by Gasteiger charge is -2.13. The molecule has 0 spiro atoms. The third-order valence-corrected chi connectivity index (χ3v) is 3.68. The Bertz CT molecular complexity index is 592. The van der Waals surface area contributed by atoms with Crippen molar-refractivity contribution in [2.75, 3.05) is 6.61 Å². The van der Waals surface area contributed by atoms with E-state index in [0.29, 0.717) is 0 Å². The summed E-state index contributed by atoms with van der Waals surface area (Å²) in [6.45, 7) is 2.91. The van der Waals surface area contributed by atoms with Crippen LogP contribution in [-0.4, -0.2) is 6.61 Å². The van der Waals surface area contributed by atoms with Gasteiger partial charge in [-0.15, -0.1) is 0 Å². The number of hydrogen-bond acceptors (Lipinski definition) is 2. The third kappa shape index (κ3) is 2.64. The van der Waals surface area contributed by atoms with Crippen LogP contribution >= 0.6 is 0 Å². The maximum absolute atomic E-state index is 6.33. The van der Waals surface area contributed by atoms with E-state index < -0.39 is 0 Å². The monoisotopic (exact) mass is 253 g/mol. The van der Waals surface area contributed by atoms with Gasteiger partial charge in [0.25, 0.3) is 0 Å². The van der Waals surface area contributed by atoms with Crippen LogP contribution in [0.3, 0.4) is 0 Å². The number of nitrogens with two attached hydrogens (primary N) is 1. The van der Waals surface area contributed by atoms with Gasteiger partial charge in [0.05, 0.1) is 6.61 Å². The zero-order chi connectivity index (χ0) is 13.2. The summed E-state index contributed by atoms with van der Waals surface area (Å²) in [6.07, 6.45) is 1.88. The molecular weight excluding hydrogens is 234 g/mol. The van der Waals surface area contributed by atoms with Gasteiger partial charge in [-0.05, 0) is 36.1 Å². The predicted octanol–water partition coefficient (Wildman–Crippen LogP) is 3.17. The summed E-state index contributed by atoms with van der Waals surface area (Å²) in [5.41, 5.74) is 11.4. The van der Waals surface area contributed by atoms with Crippen LogP contribution in [0.5, 0.6) is 5.75 Å². The molecule has 19 heavy (non-hydrogen) atoms. The molecule has 1 aliphatic heterocycles. The Morgan fingerprint density at radius 3 is 2.95 bits per heavy atom. The second-order valence-corrected chi connectivity index (χ2v) is 5.27. The van der Waals surface area contributed by atoms with Crippen molar-refractivity contribution in [3.8, 4) is 5.75 Å². The van der Waals surface area contributed by atoms with Crippen LogP contribution in [0.15, 0.2) is 42.5 Å². The molecule has 2 aromatic carbocycles. The first-order valence-corrected chi connectivity index (χ1v) is 6.79. The fourth-order valence-corrected chi connectivity index (χ4v) is 2.65. The van der Waals surface area contributed by atoms with Gasteiger partial charge >= 0.3 is 0 Å². The first-order chi connectivity index (χ1) is 9.22. The molecule has 0 aliphatic carbocycles. The first-order valence-electron chi connectivity index (χ1n) is 6.79. The Morgan fingerprint density at radius 1 is 1.21 bits per heavy atom. The largest absolute Gasteiger partial charge is 0.493 e. The molecule has 1 heterocycles. The average molecular weight is 253 g/mol. The van der Waals surface area contributed by atoms with E-state index in [1.807, 2.05) is 6.07 Å². The van der Waals surface area contributed by atoms with Crippen molar-refractivity contribution in [3.63, 3.8) is 0 Å². The van der Waals surface area contributed by atoms with Crippen LogP contribution in [0, 0.1) is 6.92 Å². The number of rotatable bonds is 3. The van der Waals surface area contributed by atoms with Crippen molar-refractivity contribution in [2.45, 2.75) is 25.8 Å². The van der Waals surface area contributed by atoms with E-state index >= 15 is 0 Å². The van der Waals surface area contributed by atoms with Gasteiger partial charge in [-0.1, -0.05) is 42.0 Å². The molecule has 2 nitrogen and oxygen atoms in total. The SMILES string of the molecule is Cc1cccc(CC(N)c2ccc3c(c2)CCO3)c1. The van der Waals surface area contributed by atoms with Gasteiger partial charge < -0.3 is 10.5 Å². The maximum atomic E-state index is 6.33. The third-order valence-electron chi connectivity index (χ3n) is 3.68. The van der Waals surface area contributed by atoms with Crippen LogP contribution in [-0.2, 0) is 12.8 Å². The number of aryl methyl sites for hydroxylation is 1. The quantitative estimate of drug-likeness (QED) is 0.912. The van der Waals surface area contributed by atoms with Crippen molar-refractivity contribution in [1.82, 2.24) is 0 Å². The van der Waals surface area contributed by atoms with E-state index in [9.17, 15) is 0 Å². The predicted molar refractivity (Wildman–Crippen MR) is 77.5 cm³/mol. The lowest BCUT2D eigenvalue weighted by molar-refractivity contribution is 0.357. The minimum atomic E-state index is 0.0488. The van der Waals surface area contributed by atoms with Crippen molar-refractivity contribution in [1.29, 1.82) is 0 Å². The summed E-state index contributed by atoms with van der Waals surface area (Å²) in [7, 11) is 0. The molecule has 0 bridgehead atoms. The summed E-state index contributed by atoms with van der Waals surface area (Å²) < 4.78 is 5.53. The Labute approximate surface area is 114 Å². The van der Waals surface area contributed by atoms with Crippen LogP contribution in [0.1, 0.15) is 28.3 Å². The van der Waals surface area contributed by atoms with Crippen LogP contribution in [0.25, 0.3) is 0 Å². The Balaban J connectivity index is 1.78. The van der Waals surface area contributed by atoms with Crippen LogP contribution in [0.2, 0.25) is 0 Å². The van der Waals surface area contributed by atoms with Crippen molar-refractivity contribution >= 4 is 0 Å². The molecule has 0 saturated heterocycles. The van der Waals surface area contributed by atoms with Gasteiger partial charge in [0, 0.05) is 12.5 Å². The number of benzene rings is 2. The smallest absolute Gasteiger partial charge is 0.122 e. The zero-order valence-electron chi connectivity index (χ0n) is 11.2. The van der Waals surface area contributed by atoms with Gasteiger partial charge in [-0.2, -0.15) is 0 Å². The topological polar surface area (TPSA) is 35.2 Å². The molecule has 3 rings (SSSR count). The highest BCUT2D eigenvalue weighted by atomic mass is 16.5. The minimum Gasteiger partial charge on any atom is -0.493 e. The number of hydrogen-bond donors (Lipinski definition) is 1. The Hall–Kier alpha value is -1.80. The molecule has 0 aromatic heterocycles. The van der Waals surface area contributed by atoms with Crippen molar-refractivity contribution in [2.24, 2.45) is 5.73 Å². The van der Waals surface area contributed by atoms with E-state index in [2.05, 4.69) is 43.3 Å². The highest BCUT2D eigenvalue weighted by Crippen LogP contribution is 2.28. The summed E-state index contributed by atoms with van der Waals surface area (Å²) in [5, 5.41) is 0. The van der Waals surface area contributed by atoms with Gasteiger partial charge in [0.2, 0.25) is 0 Å². The molecule has 1 atom stereocenters. The molecule has 1 unspecified atom stereocenters. The lowest BCUT2D eigenvalue weighted by atomic mass is 9.97. The number of ether oxygens (including phenoxy) is 1. The van der Waals surface area contributed by atoms with Gasteiger partial charge in [0.15, 0.2) is 0 Å². The molecule has 0 saturated carbocycles. The molecule has 1 aliphatic rings. The molecule has 0 fully saturated rings. The van der Waals surface area contributed by atoms with Gasteiger partial charge in [0.1, 0.15) is 5.75 Å². The standard InChI is InChI=1S/C17H19NO/c1-12-3-2-4-13(9-12)10-16(18)14-5-6-17-15(11-14)7-8-19-17/h2-6,9,11,16H,7-8,10,18H2,1H3. The molecule has 2 heteroatoms. The Morgan fingerprint density at radius 2 is 2.11 bits per heavy atom. The second-order valence-electron chi connectivity index (χ2n) is 5.27. The van der Waals surface area contributed by atoms with E-state index in [0.717, 1.165) is 25.2 Å². The fourth-order valence-electron chi connectivity index (χ4n) is 2.65. The molecule has 2 aromatic rings. The fraction of sp³-hybridized carbons (Fsp3) is 0.294. The van der Waals surface area contributed by atoms with Crippen molar-refractivity contribution < 1.29 is 4.74 Å². The van der Waals surface area contributed by atoms with Gasteiger partial charge in [-0.3, -0.25) is 0 Å². The zero-order valence-corrected chi connectivity index (χ0v) is 11.2. The summed E-state index contributed by atoms with van der Waals surface area (Å²) in [4.78, 5) is 0. The summed E-state index contributed by atoms with van der Waals surface area (Å²) in [5.74, 6) is 1.02. The lowest BCUT2D eigenvalue weighted by Crippen LogP contribution is -2.13. The first kappa shape index (κ1) is 12.2. The molecule has 0 amide bonds. The van der Waals surface area contributed by atoms with Crippen LogP contribution < -0.4 is 10.5 Å². The Kier molecular flexibility index (Phi) is 3.26.